The lowest BCUT2D eigenvalue weighted by atomic mass is 9.83. The first-order valence-electron chi connectivity index (χ1n) is 9.14. The highest BCUT2D eigenvalue weighted by molar-refractivity contribution is 5.76. The maximum absolute atomic E-state index is 12.5. The molecule has 2 amide bonds. The van der Waals surface area contributed by atoms with Crippen LogP contribution in [0.2, 0.25) is 0 Å². The van der Waals surface area contributed by atoms with Gasteiger partial charge in [-0.25, -0.2) is 4.79 Å². The maximum atomic E-state index is 12.5. The minimum Gasteiger partial charge on any atom is -0.466 e. The summed E-state index contributed by atoms with van der Waals surface area (Å²) in [7, 11) is 0. The predicted octanol–water partition coefficient (Wildman–Crippen LogP) is 1.68. The molecule has 1 aromatic rings. The Balaban J connectivity index is 1.85. The fourth-order valence-electron chi connectivity index (χ4n) is 4.10. The van der Waals surface area contributed by atoms with E-state index in [1.54, 1.807) is 0 Å². The van der Waals surface area contributed by atoms with Crippen LogP contribution in [-0.4, -0.2) is 67.2 Å². The summed E-state index contributed by atoms with van der Waals surface area (Å²) in [5.41, 5.74) is 1.14. The van der Waals surface area contributed by atoms with Gasteiger partial charge in [-0.3, -0.25) is 9.69 Å². The van der Waals surface area contributed by atoms with Gasteiger partial charge in [-0.1, -0.05) is 30.3 Å². The summed E-state index contributed by atoms with van der Waals surface area (Å²) in [5.74, 6) is -0.255. The Bertz CT molecular complexity index is 607. The lowest BCUT2D eigenvalue weighted by molar-refractivity contribution is -0.148. The predicted molar refractivity (Wildman–Crippen MR) is 95.3 cm³/mol. The zero-order valence-corrected chi connectivity index (χ0v) is 15.0. The average molecular weight is 345 g/mol. The highest BCUT2D eigenvalue weighted by atomic mass is 16.5. The van der Waals surface area contributed by atoms with Crippen molar-refractivity contribution in [2.45, 2.75) is 25.8 Å². The first-order valence-corrected chi connectivity index (χ1v) is 9.14. The van der Waals surface area contributed by atoms with Crippen LogP contribution in [0.15, 0.2) is 30.3 Å². The van der Waals surface area contributed by atoms with Crippen LogP contribution in [0.4, 0.5) is 4.79 Å². The molecule has 0 radical (unpaired) electrons. The fraction of sp³-hybridized carbons (Fsp3) is 0.579. The molecule has 2 saturated heterocycles. The number of nitrogens with one attached hydrogen (secondary N) is 1. The molecule has 2 aliphatic heterocycles. The number of urea groups is 1. The van der Waals surface area contributed by atoms with Crippen LogP contribution in [-0.2, 0) is 9.53 Å². The molecule has 1 aromatic carbocycles. The van der Waals surface area contributed by atoms with Gasteiger partial charge >= 0.3 is 12.0 Å². The summed E-state index contributed by atoms with van der Waals surface area (Å²) in [6.07, 6.45) is 0. The van der Waals surface area contributed by atoms with E-state index in [4.69, 9.17) is 4.74 Å². The number of hydrogen-bond donors (Lipinski definition) is 1. The second kappa shape index (κ2) is 7.87. The van der Waals surface area contributed by atoms with Crippen LogP contribution in [0.5, 0.6) is 0 Å². The Labute approximate surface area is 149 Å². The van der Waals surface area contributed by atoms with Gasteiger partial charge in [0.1, 0.15) is 0 Å². The second-order valence-electron chi connectivity index (χ2n) is 6.64. The number of carbonyl (C=O) groups is 2. The molecule has 0 unspecified atom stereocenters. The van der Waals surface area contributed by atoms with Crippen molar-refractivity contribution < 1.29 is 14.3 Å². The van der Waals surface area contributed by atoms with E-state index in [9.17, 15) is 9.59 Å². The molecule has 6 nitrogen and oxygen atoms in total. The van der Waals surface area contributed by atoms with Crippen molar-refractivity contribution in [3.8, 4) is 0 Å². The number of nitrogens with zero attached hydrogens (tertiary/aromatic N) is 2. The molecule has 3 rings (SSSR count). The lowest BCUT2D eigenvalue weighted by Gasteiger charge is -2.39. The Hall–Kier alpha value is -2.08. The van der Waals surface area contributed by atoms with Crippen LogP contribution in [0, 0.1) is 5.92 Å². The normalized spacial score (nSPS) is 26.2. The van der Waals surface area contributed by atoms with Crippen LogP contribution in [0.3, 0.4) is 0 Å². The molecule has 2 fully saturated rings. The first-order chi connectivity index (χ1) is 12.2. The topological polar surface area (TPSA) is 61.9 Å². The summed E-state index contributed by atoms with van der Waals surface area (Å²) >= 11 is 0. The third-order valence-corrected chi connectivity index (χ3v) is 5.20. The van der Waals surface area contributed by atoms with Gasteiger partial charge in [-0.2, -0.15) is 0 Å². The molecular formula is C19H27N3O3. The minimum atomic E-state index is -0.179. The number of rotatable bonds is 4. The van der Waals surface area contributed by atoms with E-state index in [0.29, 0.717) is 32.8 Å². The van der Waals surface area contributed by atoms with Gasteiger partial charge in [0, 0.05) is 44.7 Å². The smallest absolute Gasteiger partial charge is 0.317 e. The minimum absolute atomic E-state index is 0.0199. The van der Waals surface area contributed by atoms with Gasteiger partial charge in [0.25, 0.3) is 0 Å². The van der Waals surface area contributed by atoms with E-state index in [2.05, 4.69) is 22.3 Å². The van der Waals surface area contributed by atoms with Gasteiger partial charge < -0.3 is 15.0 Å². The molecule has 0 bridgehead atoms. The molecule has 6 heteroatoms. The SMILES string of the molecule is CCNC(=O)N1CCN2C[C@@H](C(=O)OCC)[C@H](c3ccccc3)[C@H]2C1. The molecule has 136 valence electrons. The standard InChI is InChI=1S/C19H27N3O3/c1-3-20-19(24)22-11-10-21-12-15(18(23)25-4-2)17(16(21)13-22)14-8-6-5-7-9-14/h5-9,15-17H,3-4,10-13H2,1-2H3,(H,20,24)/t15-,16-,17+/m1/s1. The Morgan fingerprint density at radius 1 is 1.16 bits per heavy atom. The van der Waals surface area contributed by atoms with Crippen LogP contribution in [0.25, 0.3) is 0 Å². The highest BCUT2D eigenvalue weighted by Gasteiger charge is 2.48. The Kier molecular flexibility index (Phi) is 5.58. The van der Waals surface area contributed by atoms with Crippen LogP contribution >= 0.6 is 0 Å². The summed E-state index contributed by atoms with van der Waals surface area (Å²) in [4.78, 5) is 29.0. The molecule has 0 saturated carbocycles. The molecule has 2 heterocycles. The molecule has 25 heavy (non-hydrogen) atoms. The van der Waals surface area contributed by atoms with Gasteiger partial charge in [0.05, 0.1) is 12.5 Å². The average Bonchev–Trinajstić information content (AvgIpc) is 3.01. The molecule has 0 spiro atoms. The van der Waals surface area contributed by atoms with Crippen molar-refractivity contribution in [1.29, 1.82) is 0 Å². The van der Waals surface area contributed by atoms with E-state index in [-0.39, 0.29) is 29.9 Å². The molecular weight excluding hydrogens is 318 g/mol. The summed E-state index contributed by atoms with van der Waals surface area (Å²) in [6.45, 7) is 7.61. The number of fused-ring (bicyclic) bond motifs is 1. The van der Waals surface area contributed by atoms with Crippen molar-refractivity contribution in [2.24, 2.45) is 5.92 Å². The Morgan fingerprint density at radius 3 is 2.60 bits per heavy atom. The zero-order chi connectivity index (χ0) is 17.8. The van der Waals surface area contributed by atoms with Crippen LogP contribution < -0.4 is 5.32 Å². The maximum Gasteiger partial charge on any atom is 0.317 e. The van der Waals surface area contributed by atoms with E-state index in [1.807, 2.05) is 36.9 Å². The lowest BCUT2D eigenvalue weighted by Crippen LogP contribution is -2.55. The largest absolute Gasteiger partial charge is 0.466 e. The second-order valence-corrected chi connectivity index (χ2v) is 6.64. The molecule has 2 aliphatic rings. The number of esters is 1. The molecule has 3 atom stereocenters. The number of ether oxygens (including phenoxy) is 1. The van der Waals surface area contributed by atoms with Crippen molar-refractivity contribution >= 4 is 12.0 Å². The first kappa shape index (κ1) is 17.7. The van der Waals surface area contributed by atoms with E-state index in [1.165, 1.54) is 0 Å². The number of benzene rings is 1. The van der Waals surface area contributed by atoms with Crippen molar-refractivity contribution in [2.75, 3.05) is 39.3 Å². The third-order valence-electron chi connectivity index (χ3n) is 5.20. The van der Waals surface area contributed by atoms with Crippen molar-refractivity contribution in [1.82, 2.24) is 15.1 Å². The number of piperazine rings is 1. The quantitative estimate of drug-likeness (QED) is 0.844. The fourth-order valence-corrected chi connectivity index (χ4v) is 4.10. The number of hydrogen-bond acceptors (Lipinski definition) is 4. The third kappa shape index (κ3) is 3.63. The van der Waals surface area contributed by atoms with E-state index < -0.39 is 0 Å². The van der Waals surface area contributed by atoms with Gasteiger partial charge in [0.2, 0.25) is 0 Å². The van der Waals surface area contributed by atoms with Gasteiger partial charge in [-0.05, 0) is 19.4 Å². The van der Waals surface area contributed by atoms with E-state index >= 15 is 0 Å². The number of carbonyl (C=O) groups excluding carboxylic acids is 2. The summed E-state index contributed by atoms with van der Waals surface area (Å²) < 4.78 is 5.34. The van der Waals surface area contributed by atoms with Crippen LogP contribution in [0.1, 0.15) is 25.3 Å². The number of amides is 2. The van der Waals surface area contributed by atoms with Gasteiger partial charge in [-0.15, -0.1) is 0 Å². The summed E-state index contributed by atoms with van der Waals surface area (Å²) in [5, 5.41) is 2.88. The monoisotopic (exact) mass is 345 g/mol. The summed E-state index contributed by atoms with van der Waals surface area (Å²) in [6, 6.07) is 10.3. The van der Waals surface area contributed by atoms with E-state index in [0.717, 1.165) is 12.1 Å². The molecule has 1 N–H and O–H groups in total. The molecule has 0 aromatic heterocycles. The van der Waals surface area contributed by atoms with Gasteiger partial charge in [0.15, 0.2) is 0 Å². The zero-order valence-electron chi connectivity index (χ0n) is 15.0. The van der Waals surface area contributed by atoms with Crippen molar-refractivity contribution in [3.63, 3.8) is 0 Å². The van der Waals surface area contributed by atoms with Crippen molar-refractivity contribution in [3.05, 3.63) is 35.9 Å². The molecule has 0 aliphatic carbocycles. The Morgan fingerprint density at radius 2 is 1.92 bits per heavy atom. The highest BCUT2D eigenvalue weighted by Crippen LogP contribution is 2.40.